The maximum absolute atomic E-state index is 2.92. The van der Waals surface area contributed by atoms with Gasteiger partial charge < -0.3 is 0 Å². The minimum absolute atomic E-state index is 0.872. The summed E-state index contributed by atoms with van der Waals surface area (Å²) >= 11 is 0. The summed E-state index contributed by atoms with van der Waals surface area (Å²) in [4.78, 5) is 2.04. The van der Waals surface area contributed by atoms with Gasteiger partial charge in [0.1, 0.15) is 0 Å². The van der Waals surface area contributed by atoms with Crippen LogP contribution in [0.4, 0.5) is 0 Å². The van der Waals surface area contributed by atoms with E-state index < -0.39 is 0 Å². The highest BCUT2D eigenvalue weighted by Gasteiger charge is 1.80. The van der Waals surface area contributed by atoms with Gasteiger partial charge in [-0.15, -0.1) is 0 Å². The second kappa shape index (κ2) is 4.05. The third-order valence-corrected chi connectivity index (χ3v) is 0.572. The van der Waals surface area contributed by atoms with Gasteiger partial charge in [0.2, 0.25) is 0 Å². The molecule has 0 bridgehead atoms. The van der Waals surface area contributed by atoms with E-state index in [1.807, 2.05) is 26.0 Å². The van der Waals surface area contributed by atoms with Crippen LogP contribution in [-0.4, -0.2) is 32.7 Å². The van der Waals surface area contributed by atoms with E-state index in [0.29, 0.717) is 0 Å². The zero-order chi connectivity index (χ0) is 5.70. The van der Waals surface area contributed by atoms with Gasteiger partial charge in [0, 0.05) is 0 Å². The van der Waals surface area contributed by atoms with Crippen LogP contribution in [0.1, 0.15) is 0 Å². The Kier molecular flexibility index (Phi) is 3.98. The summed E-state index contributed by atoms with van der Waals surface area (Å²) in [7, 11) is 5.86. The number of hydrazine groups is 1. The number of nitrogens with zero attached hydrogens (tertiary/aromatic N) is 1. The van der Waals surface area contributed by atoms with Crippen LogP contribution in [-0.2, 0) is 0 Å². The number of rotatable bonds is 3. The molecule has 0 aromatic rings. The van der Waals surface area contributed by atoms with E-state index in [4.69, 9.17) is 0 Å². The van der Waals surface area contributed by atoms with Gasteiger partial charge in [0.15, 0.2) is 0 Å². The first-order valence-electron chi connectivity index (χ1n) is 2.31. The Morgan fingerprint density at radius 1 is 1.43 bits per heavy atom. The summed E-state index contributed by atoms with van der Waals surface area (Å²) in [6.45, 7) is 0.872. The van der Waals surface area contributed by atoms with Gasteiger partial charge in [-0.05, 0) is 21.1 Å². The Labute approximate surface area is 44.7 Å². The Hall–Kier alpha value is -0.120. The first-order chi connectivity index (χ1) is 3.27. The molecule has 7 heavy (non-hydrogen) atoms. The van der Waals surface area contributed by atoms with Crippen molar-refractivity contribution in [3.8, 4) is 0 Å². The number of hydrogen-bond donors (Lipinski definition) is 2. The van der Waals surface area contributed by atoms with E-state index in [0.717, 1.165) is 6.67 Å². The van der Waals surface area contributed by atoms with E-state index in [2.05, 4.69) is 10.9 Å². The van der Waals surface area contributed by atoms with Crippen LogP contribution in [0.2, 0.25) is 0 Å². The molecule has 0 aliphatic carbocycles. The van der Waals surface area contributed by atoms with E-state index in [1.54, 1.807) is 0 Å². The minimum Gasteiger partial charge on any atom is -0.296 e. The van der Waals surface area contributed by atoms with Gasteiger partial charge in [-0.25, -0.2) is 5.43 Å². The number of nitrogens with one attached hydrogen (secondary N) is 2. The predicted octanol–water partition coefficient (Wildman–Crippen LogP) is -0.770. The summed E-state index contributed by atoms with van der Waals surface area (Å²) in [6.07, 6.45) is 0. The standard InChI is InChI=1S/C4H13N3/c1-5-6-4-7(2)3/h5-6H,4H2,1-3H3. The SMILES string of the molecule is CNNCN(C)C. The van der Waals surface area contributed by atoms with Gasteiger partial charge in [0.25, 0.3) is 0 Å². The lowest BCUT2D eigenvalue weighted by molar-refractivity contribution is 0.347. The molecule has 0 saturated heterocycles. The predicted molar refractivity (Wildman–Crippen MR) is 30.7 cm³/mol. The van der Waals surface area contributed by atoms with E-state index in [9.17, 15) is 0 Å². The molecule has 0 radical (unpaired) electrons. The van der Waals surface area contributed by atoms with Gasteiger partial charge in [0.05, 0.1) is 6.67 Å². The third kappa shape index (κ3) is 5.88. The highest BCUT2D eigenvalue weighted by molar-refractivity contribution is 4.30. The summed E-state index contributed by atoms with van der Waals surface area (Å²) in [5.74, 6) is 0. The van der Waals surface area contributed by atoms with Crippen molar-refractivity contribution in [2.75, 3.05) is 27.8 Å². The molecule has 44 valence electrons. The third-order valence-electron chi connectivity index (χ3n) is 0.572. The Morgan fingerprint density at radius 2 is 2.00 bits per heavy atom. The molecule has 0 atom stereocenters. The summed E-state index contributed by atoms with van der Waals surface area (Å²) in [6, 6.07) is 0. The van der Waals surface area contributed by atoms with Crippen LogP contribution in [0.25, 0.3) is 0 Å². The molecule has 0 aromatic carbocycles. The van der Waals surface area contributed by atoms with E-state index in [1.165, 1.54) is 0 Å². The molecule has 0 aliphatic heterocycles. The van der Waals surface area contributed by atoms with Crippen LogP contribution in [0.5, 0.6) is 0 Å². The van der Waals surface area contributed by atoms with Gasteiger partial charge in [-0.3, -0.25) is 10.3 Å². The van der Waals surface area contributed by atoms with Crippen molar-refractivity contribution in [2.45, 2.75) is 0 Å². The molecular weight excluding hydrogens is 90.1 g/mol. The van der Waals surface area contributed by atoms with Gasteiger partial charge in [-0.2, -0.15) is 0 Å². The molecular formula is C4H13N3. The van der Waals surface area contributed by atoms with E-state index in [-0.39, 0.29) is 0 Å². The average molecular weight is 103 g/mol. The van der Waals surface area contributed by atoms with E-state index >= 15 is 0 Å². The zero-order valence-corrected chi connectivity index (χ0v) is 5.15. The molecule has 3 nitrogen and oxygen atoms in total. The first-order valence-corrected chi connectivity index (χ1v) is 2.31. The maximum Gasteiger partial charge on any atom is 0.0609 e. The summed E-state index contributed by atoms with van der Waals surface area (Å²) in [5, 5.41) is 0. The number of hydrogen-bond acceptors (Lipinski definition) is 3. The van der Waals surface area contributed by atoms with Crippen molar-refractivity contribution >= 4 is 0 Å². The van der Waals surface area contributed by atoms with Crippen LogP contribution < -0.4 is 10.9 Å². The lowest BCUT2D eigenvalue weighted by atomic mass is 10.9. The lowest BCUT2D eigenvalue weighted by Gasteiger charge is -2.08. The fourth-order valence-electron chi connectivity index (χ4n) is 0.237. The molecule has 0 spiro atoms. The van der Waals surface area contributed by atoms with Crippen LogP contribution >= 0.6 is 0 Å². The molecule has 3 heteroatoms. The highest BCUT2D eigenvalue weighted by atomic mass is 15.4. The topological polar surface area (TPSA) is 27.3 Å². The molecule has 2 N–H and O–H groups in total. The van der Waals surface area contributed by atoms with Gasteiger partial charge in [-0.1, -0.05) is 0 Å². The fraction of sp³-hybridized carbons (Fsp3) is 1.00. The van der Waals surface area contributed by atoms with Crippen LogP contribution in [0.3, 0.4) is 0 Å². The quantitative estimate of drug-likeness (QED) is 0.363. The van der Waals surface area contributed by atoms with Gasteiger partial charge >= 0.3 is 0 Å². The summed E-state index contributed by atoms with van der Waals surface area (Å²) in [5.41, 5.74) is 5.73. The lowest BCUT2D eigenvalue weighted by Crippen LogP contribution is -2.36. The molecule has 0 saturated carbocycles. The largest absolute Gasteiger partial charge is 0.296 e. The fourth-order valence-corrected chi connectivity index (χ4v) is 0.237. The minimum atomic E-state index is 0.872. The first kappa shape index (κ1) is 6.88. The maximum atomic E-state index is 2.92. The smallest absolute Gasteiger partial charge is 0.0609 e. The van der Waals surface area contributed by atoms with Crippen molar-refractivity contribution in [2.24, 2.45) is 0 Å². The molecule has 0 rings (SSSR count). The molecule has 0 aromatic heterocycles. The summed E-state index contributed by atoms with van der Waals surface area (Å²) < 4.78 is 0. The van der Waals surface area contributed by atoms with Crippen molar-refractivity contribution in [1.29, 1.82) is 0 Å². The van der Waals surface area contributed by atoms with Crippen molar-refractivity contribution in [1.82, 2.24) is 15.8 Å². The zero-order valence-electron chi connectivity index (χ0n) is 5.15. The van der Waals surface area contributed by atoms with Crippen molar-refractivity contribution in [3.05, 3.63) is 0 Å². The molecule has 0 aliphatic rings. The van der Waals surface area contributed by atoms with Crippen LogP contribution in [0.15, 0.2) is 0 Å². The second-order valence-corrected chi connectivity index (χ2v) is 1.66. The normalized spacial score (nSPS) is 10.3. The Morgan fingerprint density at radius 3 is 2.14 bits per heavy atom. The molecule has 0 unspecified atom stereocenters. The molecule has 0 heterocycles. The molecule has 0 amide bonds. The average Bonchev–Trinajstić information content (AvgIpc) is 1.61. The monoisotopic (exact) mass is 103 g/mol. The Bertz CT molecular complexity index is 35.9. The Balaban J connectivity index is 2.68. The van der Waals surface area contributed by atoms with Crippen LogP contribution in [0, 0.1) is 0 Å². The highest BCUT2D eigenvalue weighted by Crippen LogP contribution is 1.60. The van der Waals surface area contributed by atoms with Crippen molar-refractivity contribution < 1.29 is 0 Å². The van der Waals surface area contributed by atoms with Crippen molar-refractivity contribution in [3.63, 3.8) is 0 Å². The second-order valence-electron chi connectivity index (χ2n) is 1.66. The molecule has 0 fully saturated rings.